The van der Waals surface area contributed by atoms with Crippen molar-refractivity contribution in [1.29, 1.82) is 0 Å². The van der Waals surface area contributed by atoms with Crippen LogP contribution in [0, 0.1) is 0 Å². The fourth-order valence-electron chi connectivity index (χ4n) is 7.51. The highest BCUT2D eigenvalue weighted by Crippen LogP contribution is 2.30. The number of esters is 3. The van der Waals surface area contributed by atoms with Crippen molar-refractivity contribution in [3.8, 4) is 67.9 Å². The van der Waals surface area contributed by atoms with E-state index in [1.165, 1.54) is 18.2 Å². The van der Waals surface area contributed by atoms with E-state index < -0.39 is 17.9 Å². The molecular weight excluding hydrogens is 865 g/mol. The van der Waals surface area contributed by atoms with Crippen LogP contribution in [-0.2, 0) is 0 Å². The van der Waals surface area contributed by atoms with Crippen LogP contribution in [0.2, 0.25) is 0 Å². The molecule has 7 rings (SSSR count). The summed E-state index contributed by atoms with van der Waals surface area (Å²) in [5.41, 5.74) is 5.44. The quantitative estimate of drug-likeness (QED) is 0.0333. The van der Waals surface area contributed by atoms with Gasteiger partial charge in [-0.1, -0.05) is 132 Å². The van der Waals surface area contributed by atoms with Crippen LogP contribution in [0.25, 0.3) is 33.4 Å². The summed E-state index contributed by atoms with van der Waals surface area (Å²) in [5, 5.41) is 0. The molecule has 0 heterocycles. The van der Waals surface area contributed by atoms with E-state index in [0.29, 0.717) is 25.6 Å². The molecule has 9 nitrogen and oxygen atoms in total. The van der Waals surface area contributed by atoms with Crippen LogP contribution >= 0.6 is 0 Å². The van der Waals surface area contributed by atoms with Gasteiger partial charge in [-0.25, -0.2) is 14.4 Å². The van der Waals surface area contributed by atoms with E-state index in [1.807, 2.05) is 109 Å². The van der Waals surface area contributed by atoms with Crippen molar-refractivity contribution in [2.75, 3.05) is 19.8 Å². The first-order chi connectivity index (χ1) is 33.8. The molecule has 0 saturated heterocycles. The summed E-state index contributed by atoms with van der Waals surface area (Å²) in [4.78, 5) is 41.5. The molecule has 0 atom stereocenters. The molecule has 0 amide bonds. The molecule has 0 fully saturated rings. The average Bonchev–Trinajstić information content (AvgIpc) is 3.39. The molecule has 0 bridgehead atoms. The smallest absolute Gasteiger partial charge is 0.344 e. The number of carbonyl (C=O) groups excluding carboxylic acids is 3. The third-order valence-corrected chi connectivity index (χ3v) is 11.5. The number of ether oxygens (including phenoxy) is 6. The molecule has 7 aromatic rings. The van der Waals surface area contributed by atoms with Crippen molar-refractivity contribution < 1.29 is 42.8 Å². The number of rotatable bonds is 24. The molecule has 0 aliphatic rings. The van der Waals surface area contributed by atoms with Gasteiger partial charge >= 0.3 is 17.9 Å². The van der Waals surface area contributed by atoms with Gasteiger partial charge in [-0.3, -0.25) is 0 Å². The van der Waals surface area contributed by atoms with Crippen molar-refractivity contribution in [3.05, 3.63) is 180 Å². The van der Waals surface area contributed by atoms with Crippen LogP contribution in [0.1, 0.15) is 110 Å². The lowest BCUT2D eigenvalue weighted by Crippen LogP contribution is -2.19. The Balaban J connectivity index is 1.05. The van der Waals surface area contributed by atoms with E-state index in [4.69, 9.17) is 28.4 Å². The van der Waals surface area contributed by atoms with Crippen molar-refractivity contribution in [2.45, 2.75) is 78.6 Å². The second-order valence-corrected chi connectivity index (χ2v) is 16.7. The number of hydrogen-bond donors (Lipinski definition) is 0. The lowest BCUT2D eigenvalue weighted by Gasteiger charge is -2.13. The molecule has 0 saturated carbocycles. The highest BCUT2D eigenvalue weighted by Gasteiger charge is 2.24. The molecule has 0 aliphatic carbocycles. The molecule has 0 aliphatic heterocycles. The van der Waals surface area contributed by atoms with Crippen LogP contribution in [0.5, 0.6) is 34.5 Å². The van der Waals surface area contributed by atoms with Gasteiger partial charge < -0.3 is 28.4 Å². The van der Waals surface area contributed by atoms with Gasteiger partial charge in [-0.15, -0.1) is 0 Å². The van der Waals surface area contributed by atoms with Crippen molar-refractivity contribution in [2.24, 2.45) is 0 Å². The molecular formula is C60H60O9. The number of hydrogen-bond acceptors (Lipinski definition) is 9. The summed E-state index contributed by atoms with van der Waals surface area (Å²) in [5.74, 6) is 0.858. The van der Waals surface area contributed by atoms with Gasteiger partial charge in [0.2, 0.25) is 0 Å². The lowest BCUT2D eigenvalue weighted by atomic mass is 10.0. The molecule has 0 radical (unpaired) electrons. The molecule has 0 spiro atoms. The molecule has 354 valence electrons. The van der Waals surface area contributed by atoms with E-state index in [-0.39, 0.29) is 28.2 Å². The van der Waals surface area contributed by atoms with Gasteiger partial charge in [0.05, 0.1) is 36.5 Å². The molecule has 0 N–H and O–H groups in total. The van der Waals surface area contributed by atoms with Gasteiger partial charge in [0.1, 0.15) is 34.5 Å². The Morgan fingerprint density at radius 2 is 0.580 bits per heavy atom. The maximum Gasteiger partial charge on any atom is 0.344 e. The minimum absolute atomic E-state index is 0.0342. The van der Waals surface area contributed by atoms with E-state index in [9.17, 15) is 14.4 Å². The van der Waals surface area contributed by atoms with E-state index in [2.05, 4.69) is 20.8 Å². The lowest BCUT2D eigenvalue weighted by molar-refractivity contribution is 0.0689. The molecule has 7 aromatic carbocycles. The van der Waals surface area contributed by atoms with Gasteiger partial charge in [0, 0.05) is 0 Å². The van der Waals surface area contributed by atoms with Crippen molar-refractivity contribution in [3.63, 3.8) is 0 Å². The van der Waals surface area contributed by atoms with Crippen LogP contribution in [0.15, 0.2) is 164 Å². The Hall–Kier alpha value is -7.65. The fourth-order valence-corrected chi connectivity index (χ4v) is 7.51. The van der Waals surface area contributed by atoms with Crippen molar-refractivity contribution in [1.82, 2.24) is 0 Å². The second-order valence-electron chi connectivity index (χ2n) is 16.7. The summed E-state index contributed by atoms with van der Waals surface area (Å²) in [6, 6.07) is 48.9. The number of carbonyl (C=O) groups is 3. The normalized spacial score (nSPS) is 10.8. The van der Waals surface area contributed by atoms with E-state index in [1.54, 1.807) is 36.4 Å². The number of unbranched alkanes of at least 4 members (excludes halogenated alkanes) is 6. The van der Waals surface area contributed by atoms with Crippen molar-refractivity contribution >= 4 is 17.9 Å². The Morgan fingerprint density at radius 3 is 0.884 bits per heavy atom. The SMILES string of the molecule is CCCCCOc1ccc(-c2ccc(OC(=O)c3ccc(C(=O)Oc4ccc(-c5ccc(OCCCCC)cc5)cc4)c(C(=O)Oc4ccc(-c5ccc(OCCCCC)cc5)cc4)c3)cc2)cc1. The maximum atomic E-state index is 14.0. The van der Waals surface area contributed by atoms with E-state index >= 15 is 0 Å². The third kappa shape index (κ3) is 14.4. The van der Waals surface area contributed by atoms with Crippen LogP contribution in [0.3, 0.4) is 0 Å². The minimum atomic E-state index is -0.858. The van der Waals surface area contributed by atoms with Crippen LogP contribution in [-0.4, -0.2) is 37.7 Å². The minimum Gasteiger partial charge on any atom is -0.494 e. The van der Waals surface area contributed by atoms with Crippen LogP contribution in [0.4, 0.5) is 0 Å². The maximum absolute atomic E-state index is 14.0. The summed E-state index contributed by atoms with van der Waals surface area (Å²) >= 11 is 0. The third-order valence-electron chi connectivity index (χ3n) is 11.5. The first kappa shape index (κ1) is 49.3. The largest absolute Gasteiger partial charge is 0.494 e. The zero-order valence-corrected chi connectivity index (χ0v) is 39.7. The predicted molar refractivity (Wildman–Crippen MR) is 272 cm³/mol. The first-order valence-corrected chi connectivity index (χ1v) is 24.1. The number of benzene rings is 7. The van der Waals surface area contributed by atoms with E-state index in [0.717, 1.165) is 108 Å². The Bertz CT molecular complexity index is 2710. The highest BCUT2D eigenvalue weighted by molar-refractivity contribution is 6.06. The Morgan fingerprint density at radius 1 is 0.304 bits per heavy atom. The molecule has 0 aromatic heterocycles. The zero-order chi connectivity index (χ0) is 48.2. The highest BCUT2D eigenvalue weighted by atomic mass is 16.5. The zero-order valence-electron chi connectivity index (χ0n) is 39.7. The summed E-state index contributed by atoms with van der Waals surface area (Å²) in [6.45, 7) is 8.53. The Kier molecular flexibility index (Phi) is 18.2. The van der Waals surface area contributed by atoms with Gasteiger partial charge in [-0.05, 0) is 144 Å². The standard InChI is InChI=1S/C60H60O9/c1-4-7-10-39-64-50-26-13-43(14-27-50)46-19-32-53(33-20-46)67-58(61)49-25-38-56(59(62)68-54-34-21-47(22-35-54)44-15-28-51(29-16-44)65-40-11-8-5-2)57(42-49)60(63)69-55-36-23-48(24-37-55)45-17-30-52(31-18-45)66-41-12-9-6-3/h13-38,42H,4-12,39-41H2,1-3H3. The van der Waals surface area contributed by atoms with Gasteiger partial charge in [-0.2, -0.15) is 0 Å². The first-order valence-electron chi connectivity index (χ1n) is 24.1. The predicted octanol–water partition coefficient (Wildman–Crippen LogP) is 15.1. The summed E-state index contributed by atoms with van der Waals surface area (Å²) in [7, 11) is 0. The summed E-state index contributed by atoms with van der Waals surface area (Å²) < 4.78 is 35.0. The monoisotopic (exact) mass is 924 g/mol. The summed E-state index contributed by atoms with van der Waals surface area (Å²) in [6.07, 6.45) is 9.84. The fraction of sp³-hybridized carbons (Fsp3) is 0.250. The van der Waals surface area contributed by atoms with Crippen LogP contribution < -0.4 is 28.4 Å². The molecule has 9 heteroatoms. The molecule has 0 unspecified atom stereocenters. The van der Waals surface area contributed by atoms with Gasteiger partial charge in [0.15, 0.2) is 0 Å². The average molecular weight is 925 g/mol. The topological polar surface area (TPSA) is 107 Å². The van der Waals surface area contributed by atoms with Gasteiger partial charge in [0.25, 0.3) is 0 Å². The Labute approximate surface area is 406 Å². The molecule has 69 heavy (non-hydrogen) atoms. The second kappa shape index (κ2) is 25.5.